The number of hydrogen-bond donors (Lipinski definition) is 1. The molecule has 0 aliphatic carbocycles. The van der Waals surface area contributed by atoms with E-state index in [1.807, 2.05) is 24.3 Å². The van der Waals surface area contributed by atoms with Crippen LogP contribution < -0.4 is 10.6 Å². The molecule has 128 valence electrons. The second kappa shape index (κ2) is 7.13. The molecule has 2 heterocycles. The Kier molecular flexibility index (Phi) is 5.16. The van der Waals surface area contributed by atoms with Crippen LogP contribution in [0.5, 0.6) is 0 Å². The summed E-state index contributed by atoms with van der Waals surface area (Å²) in [6.45, 7) is 2.59. The second-order valence-electron chi connectivity index (χ2n) is 6.16. The van der Waals surface area contributed by atoms with E-state index in [9.17, 15) is 4.39 Å². The maximum absolute atomic E-state index is 12.8. The molecular weight excluding hydrogens is 299 g/mol. The predicted octanol–water partition coefficient (Wildman–Crippen LogP) is 2.01. The molecule has 2 N–H and O–H groups in total. The number of nitrogens with zero attached hydrogens (tertiary/aromatic N) is 1. The van der Waals surface area contributed by atoms with Gasteiger partial charge in [0.05, 0.1) is 25.4 Å². The van der Waals surface area contributed by atoms with Gasteiger partial charge in [-0.25, -0.2) is 4.39 Å². The maximum atomic E-state index is 12.8. The number of methoxy groups -OCH3 is 1. The number of ether oxygens (including phenoxy) is 3. The lowest BCUT2D eigenvalue weighted by Crippen LogP contribution is -2.45. The van der Waals surface area contributed by atoms with Crippen molar-refractivity contribution in [3.05, 3.63) is 29.8 Å². The molecule has 0 bridgehead atoms. The van der Waals surface area contributed by atoms with Gasteiger partial charge in [-0.15, -0.1) is 0 Å². The van der Waals surface area contributed by atoms with Crippen LogP contribution in [0.25, 0.3) is 0 Å². The van der Waals surface area contributed by atoms with Gasteiger partial charge in [-0.1, -0.05) is 12.1 Å². The molecule has 2 atom stereocenters. The summed E-state index contributed by atoms with van der Waals surface area (Å²) in [5.74, 6) is -0.356. The number of halogens is 1. The van der Waals surface area contributed by atoms with Crippen molar-refractivity contribution in [3.8, 4) is 0 Å². The highest BCUT2D eigenvalue weighted by Crippen LogP contribution is 2.33. The highest BCUT2D eigenvalue weighted by Gasteiger charge is 2.39. The molecule has 0 radical (unpaired) electrons. The van der Waals surface area contributed by atoms with Crippen molar-refractivity contribution in [2.75, 3.05) is 45.0 Å². The third-order valence-corrected chi connectivity index (χ3v) is 4.75. The van der Waals surface area contributed by atoms with E-state index in [0.29, 0.717) is 13.2 Å². The first-order valence-electron chi connectivity index (χ1n) is 8.14. The molecule has 0 saturated carbocycles. The Morgan fingerprint density at radius 3 is 2.35 bits per heavy atom. The third-order valence-electron chi connectivity index (χ3n) is 4.75. The minimum atomic E-state index is -0.641. The van der Waals surface area contributed by atoms with Gasteiger partial charge in [-0.3, -0.25) is 0 Å². The van der Waals surface area contributed by atoms with Gasteiger partial charge in [0.2, 0.25) is 0 Å². The molecule has 1 spiro atoms. The van der Waals surface area contributed by atoms with Crippen LogP contribution >= 0.6 is 0 Å². The standard InChI is InChI=1S/C17H25FN2O3/c1-21-16(15(19)12-18)13-2-4-14(5-3-13)20-8-6-17(7-9-20)22-10-11-23-17/h2-5,15-16H,6-12,19H2,1H3. The Bertz CT molecular complexity index is 495. The van der Waals surface area contributed by atoms with Crippen molar-refractivity contribution in [1.29, 1.82) is 0 Å². The monoisotopic (exact) mass is 324 g/mol. The van der Waals surface area contributed by atoms with Crippen LogP contribution in [-0.4, -0.2) is 51.9 Å². The van der Waals surface area contributed by atoms with Crippen LogP contribution in [0.3, 0.4) is 0 Å². The number of anilines is 1. The van der Waals surface area contributed by atoms with Crippen molar-refractivity contribution in [2.24, 2.45) is 5.73 Å². The lowest BCUT2D eigenvalue weighted by Gasteiger charge is -2.38. The Morgan fingerprint density at radius 2 is 1.83 bits per heavy atom. The third kappa shape index (κ3) is 3.50. The van der Waals surface area contributed by atoms with E-state index >= 15 is 0 Å². The van der Waals surface area contributed by atoms with Gasteiger partial charge >= 0.3 is 0 Å². The molecule has 6 heteroatoms. The number of benzene rings is 1. The molecule has 1 aromatic carbocycles. The van der Waals surface area contributed by atoms with Crippen molar-refractivity contribution in [2.45, 2.75) is 30.8 Å². The summed E-state index contributed by atoms with van der Waals surface area (Å²) in [6.07, 6.45) is 1.34. The molecule has 23 heavy (non-hydrogen) atoms. The molecule has 0 amide bonds. The first-order valence-corrected chi connectivity index (χ1v) is 8.14. The summed E-state index contributed by atoms with van der Waals surface area (Å²) in [5, 5.41) is 0. The molecule has 1 aromatic rings. The Labute approximate surface area is 136 Å². The van der Waals surface area contributed by atoms with E-state index in [1.165, 1.54) is 0 Å². The zero-order chi connectivity index (χ0) is 16.3. The molecule has 0 aromatic heterocycles. The topological polar surface area (TPSA) is 57.0 Å². The van der Waals surface area contributed by atoms with Gasteiger partial charge in [-0.05, 0) is 17.7 Å². The first kappa shape index (κ1) is 16.6. The highest BCUT2D eigenvalue weighted by molar-refractivity contribution is 5.48. The smallest absolute Gasteiger partial charge is 0.171 e. The molecule has 2 unspecified atom stereocenters. The van der Waals surface area contributed by atoms with E-state index in [0.717, 1.165) is 37.2 Å². The Hall–Kier alpha value is -1.21. The van der Waals surface area contributed by atoms with Crippen molar-refractivity contribution in [3.63, 3.8) is 0 Å². The number of alkyl halides is 1. The Balaban J connectivity index is 1.63. The van der Waals surface area contributed by atoms with E-state index < -0.39 is 18.8 Å². The first-order chi connectivity index (χ1) is 11.2. The van der Waals surface area contributed by atoms with E-state index in [2.05, 4.69) is 4.90 Å². The van der Waals surface area contributed by atoms with Gasteiger partial charge < -0.3 is 24.8 Å². The molecule has 3 rings (SSSR count). The maximum Gasteiger partial charge on any atom is 0.171 e. The number of hydrogen-bond acceptors (Lipinski definition) is 5. The van der Waals surface area contributed by atoms with Crippen molar-refractivity contribution >= 4 is 5.69 Å². The number of rotatable bonds is 5. The highest BCUT2D eigenvalue weighted by atomic mass is 19.1. The largest absolute Gasteiger partial charge is 0.375 e. The SMILES string of the molecule is COC(c1ccc(N2CCC3(CC2)OCCO3)cc1)C(N)CF. The van der Waals surface area contributed by atoms with Crippen LogP contribution in [0.15, 0.2) is 24.3 Å². The van der Waals surface area contributed by atoms with Crippen molar-refractivity contribution in [1.82, 2.24) is 0 Å². The van der Waals surface area contributed by atoms with Crippen LogP contribution in [0.4, 0.5) is 10.1 Å². The number of nitrogens with two attached hydrogens (primary N) is 1. The Morgan fingerprint density at radius 1 is 1.22 bits per heavy atom. The fraction of sp³-hybridized carbons (Fsp3) is 0.647. The summed E-state index contributed by atoms with van der Waals surface area (Å²) in [5.41, 5.74) is 7.81. The predicted molar refractivity (Wildman–Crippen MR) is 86.2 cm³/mol. The average Bonchev–Trinajstić information content (AvgIpc) is 3.05. The quantitative estimate of drug-likeness (QED) is 0.898. The van der Waals surface area contributed by atoms with Crippen LogP contribution in [0.2, 0.25) is 0 Å². The lowest BCUT2D eigenvalue weighted by atomic mass is 10.0. The lowest BCUT2D eigenvalue weighted by molar-refractivity contribution is -0.169. The summed E-state index contributed by atoms with van der Waals surface area (Å²) < 4.78 is 29.6. The van der Waals surface area contributed by atoms with Gasteiger partial charge in [-0.2, -0.15) is 0 Å². The summed E-state index contributed by atoms with van der Waals surface area (Å²) >= 11 is 0. The molecule has 5 nitrogen and oxygen atoms in total. The minimum absolute atomic E-state index is 0.356. The fourth-order valence-corrected chi connectivity index (χ4v) is 3.41. The van der Waals surface area contributed by atoms with E-state index in [1.54, 1.807) is 7.11 Å². The summed E-state index contributed by atoms with van der Waals surface area (Å²) in [6, 6.07) is 7.37. The molecular formula is C17H25FN2O3. The fourth-order valence-electron chi connectivity index (χ4n) is 3.41. The van der Waals surface area contributed by atoms with Gasteiger partial charge in [0.25, 0.3) is 0 Å². The summed E-state index contributed by atoms with van der Waals surface area (Å²) in [7, 11) is 1.56. The van der Waals surface area contributed by atoms with Crippen LogP contribution in [-0.2, 0) is 14.2 Å². The average molecular weight is 324 g/mol. The molecule has 2 aliphatic heterocycles. The molecule has 2 aliphatic rings. The normalized spacial score (nSPS) is 23.2. The van der Waals surface area contributed by atoms with Gasteiger partial charge in [0, 0.05) is 38.7 Å². The summed E-state index contributed by atoms with van der Waals surface area (Å²) in [4.78, 5) is 2.32. The van der Waals surface area contributed by atoms with Gasteiger partial charge in [0.1, 0.15) is 6.67 Å². The second-order valence-corrected chi connectivity index (χ2v) is 6.16. The van der Waals surface area contributed by atoms with Crippen LogP contribution in [0, 0.1) is 0 Å². The zero-order valence-electron chi connectivity index (χ0n) is 13.5. The van der Waals surface area contributed by atoms with E-state index in [4.69, 9.17) is 19.9 Å². The minimum Gasteiger partial charge on any atom is -0.375 e. The molecule has 2 saturated heterocycles. The van der Waals surface area contributed by atoms with E-state index in [-0.39, 0.29) is 5.79 Å². The van der Waals surface area contributed by atoms with Gasteiger partial charge in [0.15, 0.2) is 5.79 Å². The zero-order valence-corrected chi connectivity index (χ0v) is 13.5. The van der Waals surface area contributed by atoms with Crippen molar-refractivity contribution < 1.29 is 18.6 Å². The van der Waals surface area contributed by atoms with Crippen LogP contribution in [0.1, 0.15) is 24.5 Å². The molecule has 2 fully saturated rings. The number of piperidine rings is 1.